The van der Waals surface area contributed by atoms with E-state index in [1.807, 2.05) is 36.4 Å². The number of amidine groups is 1. The number of aromatic nitrogens is 3. The van der Waals surface area contributed by atoms with Crippen molar-refractivity contribution in [2.75, 3.05) is 17.2 Å². The summed E-state index contributed by atoms with van der Waals surface area (Å²) in [6.07, 6.45) is -0.436. The predicted molar refractivity (Wildman–Crippen MR) is 144 cm³/mol. The van der Waals surface area contributed by atoms with Crippen molar-refractivity contribution < 1.29 is 17.9 Å². The van der Waals surface area contributed by atoms with E-state index in [-0.39, 0.29) is 5.75 Å². The molecule has 1 saturated heterocycles. The quantitative estimate of drug-likeness (QED) is 0.209. The molecule has 4 aromatic rings. The van der Waals surface area contributed by atoms with Crippen molar-refractivity contribution in [2.24, 2.45) is 10.2 Å². The highest BCUT2D eigenvalue weighted by Gasteiger charge is 2.31. The number of thioether (sulfide) groups is 1. The Morgan fingerprint density at radius 1 is 1.00 bits per heavy atom. The molecule has 38 heavy (non-hydrogen) atoms. The molecular formula is C27H23F3N6OS. The van der Waals surface area contributed by atoms with Gasteiger partial charge >= 0.3 is 6.36 Å². The summed E-state index contributed by atoms with van der Waals surface area (Å²) in [6.45, 7) is 3.00. The number of halogens is 3. The van der Waals surface area contributed by atoms with Crippen LogP contribution in [0.25, 0.3) is 17.1 Å². The monoisotopic (exact) mass is 536 g/mol. The number of hydrogen-bond donors (Lipinski definition) is 0. The number of aryl methyl sites for hydroxylation is 1. The van der Waals surface area contributed by atoms with Crippen LogP contribution < -0.4 is 9.64 Å². The number of para-hydroxylation sites is 1. The van der Waals surface area contributed by atoms with Crippen LogP contribution in [0.3, 0.4) is 0 Å². The Bertz CT molecular complexity index is 1450. The molecule has 1 aliphatic rings. The van der Waals surface area contributed by atoms with Gasteiger partial charge in [0.25, 0.3) is 0 Å². The van der Waals surface area contributed by atoms with Crippen molar-refractivity contribution in [3.05, 3.63) is 90.3 Å². The maximum absolute atomic E-state index is 12.4. The third-order valence-corrected chi connectivity index (χ3v) is 6.79. The Morgan fingerprint density at radius 3 is 2.50 bits per heavy atom. The fourth-order valence-corrected chi connectivity index (χ4v) is 4.82. The van der Waals surface area contributed by atoms with Crippen LogP contribution in [-0.2, 0) is 0 Å². The van der Waals surface area contributed by atoms with Gasteiger partial charge in [-0.1, -0.05) is 54.2 Å². The normalized spacial score (nSPS) is 15.4. The molecule has 0 amide bonds. The first kappa shape index (κ1) is 25.5. The van der Waals surface area contributed by atoms with Crippen LogP contribution in [0.1, 0.15) is 17.5 Å². The van der Waals surface area contributed by atoms with E-state index in [1.54, 1.807) is 18.0 Å². The maximum Gasteiger partial charge on any atom is 0.573 e. The summed E-state index contributed by atoms with van der Waals surface area (Å²) in [5, 5.41) is 14.1. The third-order valence-electron chi connectivity index (χ3n) is 5.74. The van der Waals surface area contributed by atoms with Gasteiger partial charge in [-0.05, 0) is 54.8 Å². The highest BCUT2D eigenvalue weighted by molar-refractivity contribution is 8.14. The molecule has 0 N–H and O–H groups in total. The third kappa shape index (κ3) is 6.23. The van der Waals surface area contributed by atoms with Crippen molar-refractivity contribution in [1.29, 1.82) is 0 Å². The fraction of sp³-hybridized carbons (Fsp3) is 0.185. The molecule has 0 bridgehead atoms. The molecule has 1 aromatic heterocycles. The average Bonchev–Trinajstić information content (AvgIpc) is 3.40. The van der Waals surface area contributed by atoms with E-state index in [0.717, 1.165) is 40.7 Å². The van der Waals surface area contributed by atoms with Gasteiger partial charge in [-0.3, -0.25) is 0 Å². The molecule has 1 aliphatic heterocycles. The lowest BCUT2D eigenvalue weighted by molar-refractivity contribution is -0.274. The number of ether oxygens (including phenoxy) is 1. The second kappa shape index (κ2) is 11.1. The Kier molecular flexibility index (Phi) is 7.45. The van der Waals surface area contributed by atoms with Crippen molar-refractivity contribution in [2.45, 2.75) is 19.7 Å². The molecule has 1 fully saturated rings. The SMILES string of the molecule is Cc1ccccc1N1CCCS/C1=N\N=C\c1ccc(-c2ncn(-c3ccc(OC(F)(F)F)cc3)n2)cc1. The zero-order valence-corrected chi connectivity index (χ0v) is 21.2. The number of benzene rings is 3. The van der Waals surface area contributed by atoms with Gasteiger partial charge in [0, 0.05) is 23.5 Å². The van der Waals surface area contributed by atoms with Gasteiger partial charge < -0.3 is 9.64 Å². The summed E-state index contributed by atoms with van der Waals surface area (Å²) < 4.78 is 42.5. The summed E-state index contributed by atoms with van der Waals surface area (Å²) in [6, 6.07) is 21.2. The van der Waals surface area contributed by atoms with Crippen molar-refractivity contribution >= 4 is 28.8 Å². The topological polar surface area (TPSA) is 67.9 Å². The first-order valence-corrected chi connectivity index (χ1v) is 12.8. The van der Waals surface area contributed by atoms with Crippen LogP contribution in [0.2, 0.25) is 0 Å². The van der Waals surface area contributed by atoms with Crippen LogP contribution in [-0.4, -0.2) is 44.8 Å². The molecular weight excluding hydrogens is 513 g/mol. The molecule has 2 heterocycles. The highest BCUT2D eigenvalue weighted by Crippen LogP contribution is 2.28. The lowest BCUT2D eigenvalue weighted by Gasteiger charge is -2.30. The van der Waals surface area contributed by atoms with Crippen LogP contribution in [0, 0.1) is 6.92 Å². The highest BCUT2D eigenvalue weighted by atomic mass is 32.2. The van der Waals surface area contributed by atoms with E-state index < -0.39 is 6.36 Å². The summed E-state index contributed by atoms with van der Waals surface area (Å²) in [5.41, 5.74) is 4.57. The van der Waals surface area contributed by atoms with Gasteiger partial charge in [0.1, 0.15) is 12.1 Å². The minimum Gasteiger partial charge on any atom is -0.406 e. The van der Waals surface area contributed by atoms with E-state index >= 15 is 0 Å². The fourth-order valence-electron chi connectivity index (χ4n) is 3.92. The lowest BCUT2D eigenvalue weighted by Crippen LogP contribution is -2.34. The zero-order chi connectivity index (χ0) is 26.5. The Balaban J connectivity index is 1.26. The molecule has 0 spiro atoms. The zero-order valence-electron chi connectivity index (χ0n) is 20.3. The van der Waals surface area contributed by atoms with Crippen LogP contribution in [0.15, 0.2) is 89.3 Å². The molecule has 5 rings (SSSR count). The first-order valence-electron chi connectivity index (χ1n) is 11.8. The second-order valence-electron chi connectivity index (χ2n) is 8.44. The number of hydrogen-bond acceptors (Lipinski definition) is 6. The van der Waals surface area contributed by atoms with E-state index in [9.17, 15) is 13.2 Å². The molecule has 194 valence electrons. The average molecular weight is 537 g/mol. The Hall–Kier alpha value is -4.12. The van der Waals surface area contributed by atoms with E-state index in [0.29, 0.717) is 11.5 Å². The summed E-state index contributed by atoms with van der Waals surface area (Å²) in [5.74, 6) is 1.20. The van der Waals surface area contributed by atoms with Gasteiger partial charge in [-0.25, -0.2) is 9.67 Å². The van der Waals surface area contributed by atoms with Gasteiger partial charge in [0.05, 0.1) is 11.9 Å². The Morgan fingerprint density at radius 2 is 1.76 bits per heavy atom. The molecule has 0 unspecified atom stereocenters. The maximum atomic E-state index is 12.4. The molecule has 0 saturated carbocycles. The molecule has 0 aliphatic carbocycles. The number of anilines is 1. The van der Waals surface area contributed by atoms with Gasteiger partial charge in [-0.15, -0.1) is 23.4 Å². The lowest BCUT2D eigenvalue weighted by atomic mass is 10.1. The van der Waals surface area contributed by atoms with Crippen LogP contribution in [0.5, 0.6) is 5.75 Å². The summed E-state index contributed by atoms with van der Waals surface area (Å²) >= 11 is 1.70. The van der Waals surface area contributed by atoms with Gasteiger partial charge in [0.2, 0.25) is 0 Å². The van der Waals surface area contributed by atoms with Gasteiger partial charge in [-0.2, -0.15) is 5.10 Å². The largest absolute Gasteiger partial charge is 0.573 e. The van der Waals surface area contributed by atoms with Crippen molar-refractivity contribution in [3.63, 3.8) is 0 Å². The van der Waals surface area contributed by atoms with Gasteiger partial charge in [0.15, 0.2) is 11.0 Å². The van der Waals surface area contributed by atoms with Crippen LogP contribution in [0.4, 0.5) is 18.9 Å². The first-order chi connectivity index (χ1) is 18.4. The molecule has 0 radical (unpaired) electrons. The van der Waals surface area contributed by atoms with E-state index in [4.69, 9.17) is 0 Å². The smallest absolute Gasteiger partial charge is 0.406 e. The minimum atomic E-state index is -4.73. The van der Waals surface area contributed by atoms with Crippen LogP contribution >= 0.6 is 11.8 Å². The molecule has 0 atom stereocenters. The van der Waals surface area contributed by atoms with Crippen molar-refractivity contribution in [3.8, 4) is 22.8 Å². The summed E-state index contributed by atoms with van der Waals surface area (Å²) in [7, 11) is 0. The van der Waals surface area contributed by atoms with E-state index in [2.05, 4.69) is 49.0 Å². The Labute approximate surface area is 221 Å². The number of nitrogens with zero attached hydrogens (tertiary/aromatic N) is 6. The second-order valence-corrected chi connectivity index (χ2v) is 9.51. The number of rotatable bonds is 6. The minimum absolute atomic E-state index is 0.297. The standard InChI is InChI=1S/C27H23F3N6OS/c1-19-5-2-3-6-24(19)35-15-4-16-38-26(35)33-32-17-20-7-9-21(10-8-20)25-31-18-36(34-25)22-11-13-23(14-12-22)37-27(28,29)30/h2-3,5-14,17-18H,4,15-16H2,1H3/b32-17+,33-26-. The summed E-state index contributed by atoms with van der Waals surface area (Å²) in [4.78, 5) is 6.53. The predicted octanol–water partition coefficient (Wildman–Crippen LogP) is 6.47. The number of alkyl halides is 3. The molecule has 11 heteroatoms. The van der Waals surface area contributed by atoms with E-state index in [1.165, 1.54) is 40.8 Å². The molecule has 7 nitrogen and oxygen atoms in total. The molecule has 3 aromatic carbocycles. The van der Waals surface area contributed by atoms with Crippen molar-refractivity contribution in [1.82, 2.24) is 14.8 Å².